The normalized spacial score (nSPS) is 25.5. The number of aliphatic hydroxyl groups excluding tert-OH is 1. The second kappa shape index (κ2) is 18.3. The Morgan fingerprint density at radius 3 is 2.40 bits per heavy atom. The molecule has 8 atom stereocenters. The SMILES string of the molecule is CN(C(=O)C1=CC2OC3(Cc4ccccc4C3)OC2C(OC(=O)c2cccc(C=CC3CCC4OC4C3)c2)C1)C(Cc1ccccc1)C(=O)NC(CO)CCC(=O)OC(C)(C)C. The van der Waals surface area contributed by atoms with E-state index in [0.717, 1.165) is 41.5 Å². The first-order valence-corrected chi connectivity index (χ1v) is 22.0. The molecule has 0 aromatic heterocycles. The van der Waals surface area contributed by atoms with Crippen LogP contribution in [0, 0.1) is 5.92 Å². The summed E-state index contributed by atoms with van der Waals surface area (Å²) >= 11 is 0. The van der Waals surface area contributed by atoms with E-state index in [-0.39, 0.29) is 25.7 Å². The Kier molecular flexibility index (Phi) is 12.8. The van der Waals surface area contributed by atoms with Crippen LogP contribution in [0.2, 0.25) is 0 Å². The smallest absolute Gasteiger partial charge is 0.338 e. The number of hydrogen-bond donors (Lipinski definition) is 2. The van der Waals surface area contributed by atoms with Crippen molar-refractivity contribution in [1.82, 2.24) is 10.2 Å². The van der Waals surface area contributed by atoms with E-state index in [0.29, 0.717) is 42.1 Å². The Balaban J connectivity index is 1.01. The molecular formula is C50H58N2O10. The number of ether oxygens (including phenoxy) is 5. The summed E-state index contributed by atoms with van der Waals surface area (Å²) in [6, 6.07) is 23.0. The molecule has 3 aliphatic carbocycles. The lowest BCUT2D eigenvalue weighted by Gasteiger charge is -2.34. The summed E-state index contributed by atoms with van der Waals surface area (Å²) in [6.07, 6.45) is 9.08. The molecule has 2 saturated heterocycles. The van der Waals surface area contributed by atoms with Gasteiger partial charge in [0.2, 0.25) is 11.8 Å². The third-order valence-corrected chi connectivity index (χ3v) is 12.5. The topological polar surface area (TPSA) is 153 Å². The van der Waals surface area contributed by atoms with Crippen LogP contribution in [-0.4, -0.2) is 101 Å². The van der Waals surface area contributed by atoms with Gasteiger partial charge in [0, 0.05) is 44.7 Å². The largest absolute Gasteiger partial charge is 0.460 e. The first-order valence-electron chi connectivity index (χ1n) is 22.0. The minimum atomic E-state index is -1.00. The Bertz CT molecular complexity index is 2170. The molecule has 12 nitrogen and oxygen atoms in total. The predicted molar refractivity (Wildman–Crippen MR) is 231 cm³/mol. The highest BCUT2D eigenvalue weighted by Crippen LogP contribution is 2.45. The lowest BCUT2D eigenvalue weighted by molar-refractivity contribution is -0.172. The van der Waals surface area contributed by atoms with E-state index >= 15 is 0 Å². The summed E-state index contributed by atoms with van der Waals surface area (Å²) < 4.78 is 30.9. The molecule has 62 heavy (non-hydrogen) atoms. The van der Waals surface area contributed by atoms with E-state index in [1.807, 2.05) is 60.7 Å². The fourth-order valence-electron chi connectivity index (χ4n) is 9.29. The molecule has 8 unspecified atom stereocenters. The summed E-state index contributed by atoms with van der Waals surface area (Å²) in [7, 11) is 1.57. The molecule has 3 aromatic carbocycles. The number of nitrogens with zero attached hydrogens (tertiary/aromatic N) is 1. The van der Waals surface area contributed by atoms with Gasteiger partial charge in [0.05, 0.1) is 30.4 Å². The zero-order valence-electron chi connectivity index (χ0n) is 36.0. The molecule has 328 valence electrons. The number of aliphatic hydroxyl groups is 1. The molecule has 5 aliphatic rings. The van der Waals surface area contributed by atoms with Crippen LogP contribution >= 0.6 is 0 Å². The average molecular weight is 847 g/mol. The molecule has 2 amide bonds. The van der Waals surface area contributed by atoms with Gasteiger partial charge in [-0.1, -0.05) is 78.9 Å². The first kappa shape index (κ1) is 43.5. The van der Waals surface area contributed by atoms with Crippen molar-refractivity contribution in [3.05, 3.63) is 124 Å². The average Bonchev–Trinajstić information content (AvgIpc) is 3.81. The van der Waals surface area contributed by atoms with Crippen molar-refractivity contribution < 1.29 is 48.0 Å². The molecule has 2 heterocycles. The van der Waals surface area contributed by atoms with Gasteiger partial charge >= 0.3 is 11.9 Å². The lowest BCUT2D eigenvalue weighted by atomic mass is 9.88. The fourth-order valence-corrected chi connectivity index (χ4v) is 9.29. The predicted octanol–water partition coefficient (Wildman–Crippen LogP) is 6.07. The summed E-state index contributed by atoms with van der Waals surface area (Å²) in [4.78, 5) is 56.8. The van der Waals surface area contributed by atoms with E-state index in [9.17, 15) is 24.3 Å². The molecule has 2 N–H and O–H groups in total. The summed E-state index contributed by atoms with van der Waals surface area (Å²) in [6.45, 7) is 4.91. The fraction of sp³-hybridized carbons (Fsp3) is 0.480. The Labute approximate surface area is 363 Å². The molecule has 0 radical (unpaired) electrons. The van der Waals surface area contributed by atoms with Gasteiger partial charge in [-0.3, -0.25) is 14.4 Å². The van der Waals surface area contributed by atoms with Crippen LogP contribution in [0.5, 0.6) is 0 Å². The summed E-state index contributed by atoms with van der Waals surface area (Å²) in [5.41, 5.74) is 3.97. The van der Waals surface area contributed by atoms with E-state index in [4.69, 9.17) is 23.7 Å². The molecule has 0 bridgehead atoms. The molecular weight excluding hydrogens is 789 g/mol. The van der Waals surface area contributed by atoms with Gasteiger partial charge in [0.15, 0.2) is 5.79 Å². The number of fused-ring (bicyclic) bond motifs is 3. The van der Waals surface area contributed by atoms with Crippen LogP contribution in [0.15, 0.2) is 96.6 Å². The number of carbonyl (C=O) groups is 4. The molecule has 2 aliphatic heterocycles. The van der Waals surface area contributed by atoms with Gasteiger partial charge in [0.25, 0.3) is 0 Å². The highest BCUT2D eigenvalue weighted by molar-refractivity contribution is 5.97. The summed E-state index contributed by atoms with van der Waals surface area (Å²) in [5.74, 6) is -2.47. The zero-order chi connectivity index (χ0) is 43.6. The number of amides is 2. The van der Waals surface area contributed by atoms with E-state index in [2.05, 4.69) is 29.6 Å². The maximum Gasteiger partial charge on any atom is 0.338 e. The Morgan fingerprint density at radius 1 is 0.952 bits per heavy atom. The molecule has 1 spiro atoms. The minimum Gasteiger partial charge on any atom is -0.460 e. The van der Waals surface area contributed by atoms with Gasteiger partial charge < -0.3 is 39.0 Å². The van der Waals surface area contributed by atoms with Gasteiger partial charge in [0.1, 0.15) is 30.0 Å². The van der Waals surface area contributed by atoms with E-state index in [1.165, 1.54) is 4.90 Å². The Morgan fingerprint density at radius 2 is 1.69 bits per heavy atom. The molecule has 1 saturated carbocycles. The van der Waals surface area contributed by atoms with Crippen molar-refractivity contribution in [3.8, 4) is 0 Å². The molecule has 12 heteroatoms. The number of nitrogens with one attached hydrogen (secondary N) is 1. The standard InChI is InChI=1S/C50H58N2O10/c1-49(2,3)61-44(54)22-20-38(30-53)51-46(55)39(24-31-11-6-5-7-12-31)52(4)47(56)37-26-42(45-43(27-37)60-50(62-45)28-35-14-8-9-15-36(35)29-50)59-48(57)34-16-10-13-32(23-34)17-18-33-19-21-40-41(25-33)58-40/h5-18,23,27,33,38-43,45,53H,19-22,24-26,28-30H2,1-4H3,(H,51,55). The number of hydrogen-bond acceptors (Lipinski definition) is 10. The van der Waals surface area contributed by atoms with Crippen LogP contribution in [-0.2, 0) is 57.3 Å². The van der Waals surface area contributed by atoms with Crippen molar-refractivity contribution in [1.29, 1.82) is 0 Å². The van der Waals surface area contributed by atoms with E-state index in [1.54, 1.807) is 40.0 Å². The molecule has 3 aromatic rings. The monoisotopic (exact) mass is 846 g/mol. The summed E-state index contributed by atoms with van der Waals surface area (Å²) in [5, 5.41) is 13.1. The Hall–Kier alpha value is -5.14. The zero-order valence-corrected chi connectivity index (χ0v) is 36.0. The number of rotatable bonds is 14. The molecule has 8 rings (SSSR count). The van der Waals surface area contributed by atoms with Crippen LogP contribution in [0.4, 0.5) is 0 Å². The minimum absolute atomic E-state index is 0.0108. The quantitative estimate of drug-likeness (QED) is 0.145. The third-order valence-electron chi connectivity index (χ3n) is 12.5. The molecule has 3 fully saturated rings. The van der Waals surface area contributed by atoms with Gasteiger partial charge in [-0.2, -0.15) is 0 Å². The first-order chi connectivity index (χ1) is 29.7. The van der Waals surface area contributed by atoms with Gasteiger partial charge in [-0.25, -0.2) is 4.79 Å². The van der Waals surface area contributed by atoms with Crippen LogP contribution in [0.1, 0.15) is 91.9 Å². The highest BCUT2D eigenvalue weighted by Gasteiger charge is 2.55. The van der Waals surface area contributed by atoms with E-state index < -0.39 is 72.1 Å². The van der Waals surface area contributed by atoms with Crippen molar-refractivity contribution in [2.75, 3.05) is 13.7 Å². The van der Waals surface area contributed by atoms with Crippen molar-refractivity contribution in [2.45, 2.75) is 133 Å². The van der Waals surface area contributed by atoms with Crippen molar-refractivity contribution in [2.24, 2.45) is 5.92 Å². The van der Waals surface area contributed by atoms with Gasteiger partial charge in [-0.15, -0.1) is 0 Å². The van der Waals surface area contributed by atoms with Crippen molar-refractivity contribution >= 4 is 29.8 Å². The second-order valence-corrected chi connectivity index (χ2v) is 18.4. The number of epoxide rings is 1. The van der Waals surface area contributed by atoms with Crippen LogP contribution in [0.25, 0.3) is 6.08 Å². The number of esters is 2. The van der Waals surface area contributed by atoms with Crippen LogP contribution < -0.4 is 5.32 Å². The van der Waals surface area contributed by atoms with Crippen molar-refractivity contribution in [3.63, 3.8) is 0 Å². The highest BCUT2D eigenvalue weighted by atomic mass is 16.8. The second-order valence-electron chi connectivity index (χ2n) is 18.4. The third kappa shape index (κ3) is 10.4. The number of allylic oxidation sites excluding steroid dienone is 1. The maximum atomic E-state index is 14.7. The number of benzene rings is 3. The van der Waals surface area contributed by atoms with Crippen LogP contribution in [0.3, 0.4) is 0 Å². The van der Waals surface area contributed by atoms with Gasteiger partial charge in [-0.05, 0) is 92.8 Å². The number of carbonyl (C=O) groups excluding carboxylic acids is 4. The maximum absolute atomic E-state index is 14.7. The number of likely N-dealkylation sites (N-methyl/N-ethyl adjacent to an activating group) is 1. The lowest BCUT2D eigenvalue weighted by Crippen LogP contribution is -2.53.